The van der Waals surface area contributed by atoms with Crippen LogP contribution in [0.5, 0.6) is 0 Å². The fourth-order valence-electron chi connectivity index (χ4n) is 1.87. The molecule has 1 aromatic carbocycles. The maximum absolute atomic E-state index is 12.0. The molecule has 0 aliphatic rings. The van der Waals surface area contributed by atoms with Gasteiger partial charge in [-0.2, -0.15) is 0 Å². The van der Waals surface area contributed by atoms with E-state index in [4.69, 9.17) is 4.52 Å². The Morgan fingerprint density at radius 3 is 2.80 bits per heavy atom. The summed E-state index contributed by atoms with van der Waals surface area (Å²) in [5.74, 6) is -0.169. The Morgan fingerprint density at radius 2 is 2.00 bits per heavy atom. The molecule has 20 heavy (non-hydrogen) atoms. The second-order valence-corrected chi connectivity index (χ2v) is 6.34. The lowest BCUT2D eigenvalue weighted by Crippen LogP contribution is -2.33. The minimum atomic E-state index is -3.40. The van der Waals surface area contributed by atoms with E-state index < -0.39 is 10.0 Å². The van der Waals surface area contributed by atoms with Crippen molar-refractivity contribution in [2.24, 2.45) is 0 Å². The van der Waals surface area contributed by atoms with E-state index in [1.54, 1.807) is 12.1 Å². The predicted octanol–water partition coefficient (Wildman–Crippen LogP) is 1.25. The zero-order chi connectivity index (χ0) is 14.4. The maximum Gasteiger partial charge on any atom is 0.217 e. The molecule has 0 aliphatic heterocycles. The van der Waals surface area contributed by atoms with Gasteiger partial charge in [0.1, 0.15) is 11.4 Å². The molecular weight excluding hydrogens is 278 g/mol. The molecule has 0 spiro atoms. The van der Waals surface area contributed by atoms with Crippen LogP contribution in [0, 0.1) is 0 Å². The molecule has 0 radical (unpaired) electrons. The van der Waals surface area contributed by atoms with Gasteiger partial charge in [0, 0.05) is 18.5 Å². The molecule has 0 atom stereocenters. The smallest absolute Gasteiger partial charge is 0.217 e. The zero-order valence-corrected chi connectivity index (χ0v) is 12.2. The molecule has 2 N–H and O–H groups in total. The fraction of sp³-hybridized carbons (Fsp3) is 0.462. The highest BCUT2D eigenvalue weighted by atomic mass is 32.2. The average molecular weight is 297 g/mol. The lowest BCUT2D eigenvalue weighted by atomic mass is 10.2. The van der Waals surface area contributed by atoms with Gasteiger partial charge in [0.15, 0.2) is 5.58 Å². The Morgan fingerprint density at radius 1 is 1.20 bits per heavy atom. The minimum absolute atomic E-state index is 0.169. The van der Waals surface area contributed by atoms with Crippen LogP contribution in [0.2, 0.25) is 0 Å². The summed E-state index contributed by atoms with van der Waals surface area (Å²) < 4.78 is 31.6. The summed E-state index contributed by atoms with van der Waals surface area (Å²) in [6.07, 6.45) is 1.03. The standard InChI is InChI=1S/C13H19N3O3S/c1-2-7-14-8-9-15-20(17,18)10-12-11-5-3-4-6-13(11)19-16-12/h3-6,14-15H,2,7-10H2,1H3. The van der Waals surface area contributed by atoms with E-state index in [0.29, 0.717) is 24.4 Å². The first kappa shape index (κ1) is 15.0. The predicted molar refractivity (Wildman–Crippen MR) is 77.8 cm³/mol. The minimum Gasteiger partial charge on any atom is -0.356 e. The van der Waals surface area contributed by atoms with Gasteiger partial charge in [-0.3, -0.25) is 0 Å². The van der Waals surface area contributed by atoms with Crippen molar-refractivity contribution in [2.45, 2.75) is 19.1 Å². The molecule has 110 valence electrons. The molecule has 0 bridgehead atoms. The largest absolute Gasteiger partial charge is 0.356 e. The van der Waals surface area contributed by atoms with Crippen molar-refractivity contribution in [3.63, 3.8) is 0 Å². The van der Waals surface area contributed by atoms with Crippen LogP contribution in [-0.4, -0.2) is 33.2 Å². The first-order valence-corrected chi connectivity index (χ1v) is 8.29. The lowest BCUT2D eigenvalue weighted by Gasteiger charge is -2.06. The Kier molecular flexibility index (Phi) is 5.11. The molecule has 0 aliphatic carbocycles. The number of nitrogens with one attached hydrogen (secondary N) is 2. The summed E-state index contributed by atoms with van der Waals surface area (Å²) in [4.78, 5) is 0. The second kappa shape index (κ2) is 6.83. The van der Waals surface area contributed by atoms with Crippen molar-refractivity contribution in [1.82, 2.24) is 15.2 Å². The number of para-hydroxylation sites is 1. The third kappa shape index (κ3) is 4.03. The number of aromatic nitrogens is 1. The van der Waals surface area contributed by atoms with Crippen LogP contribution in [0.1, 0.15) is 19.0 Å². The van der Waals surface area contributed by atoms with Gasteiger partial charge < -0.3 is 9.84 Å². The summed E-state index contributed by atoms with van der Waals surface area (Å²) in [5, 5.41) is 7.70. The van der Waals surface area contributed by atoms with Crippen molar-refractivity contribution >= 4 is 21.0 Å². The van der Waals surface area contributed by atoms with Crippen LogP contribution in [0.4, 0.5) is 0 Å². The van der Waals surface area contributed by atoms with E-state index in [2.05, 4.69) is 22.1 Å². The molecule has 0 saturated heterocycles. The van der Waals surface area contributed by atoms with E-state index in [1.807, 2.05) is 12.1 Å². The molecule has 2 aromatic rings. The van der Waals surface area contributed by atoms with E-state index in [-0.39, 0.29) is 5.75 Å². The van der Waals surface area contributed by atoms with Gasteiger partial charge in [-0.05, 0) is 25.1 Å². The Bertz CT molecular complexity index is 652. The Balaban J connectivity index is 1.94. The summed E-state index contributed by atoms with van der Waals surface area (Å²) in [7, 11) is -3.40. The van der Waals surface area contributed by atoms with Crippen LogP contribution in [0.25, 0.3) is 11.0 Å². The van der Waals surface area contributed by atoms with Gasteiger partial charge in [0.25, 0.3) is 0 Å². The summed E-state index contributed by atoms with van der Waals surface area (Å²) in [6, 6.07) is 7.22. The van der Waals surface area contributed by atoms with Crippen LogP contribution < -0.4 is 10.0 Å². The molecule has 2 rings (SSSR count). The highest BCUT2D eigenvalue weighted by Crippen LogP contribution is 2.19. The molecule has 0 fully saturated rings. The number of hydrogen-bond acceptors (Lipinski definition) is 5. The molecule has 0 saturated carbocycles. The molecular formula is C13H19N3O3S. The highest BCUT2D eigenvalue weighted by Gasteiger charge is 2.16. The number of fused-ring (bicyclic) bond motifs is 1. The molecule has 7 heteroatoms. The third-order valence-corrected chi connectivity index (χ3v) is 4.13. The Labute approximate surface area is 118 Å². The van der Waals surface area contributed by atoms with Gasteiger partial charge in [0.05, 0.1) is 0 Å². The number of benzene rings is 1. The van der Waals surface area contributed by atoms with Gasteiger partial charge in [-0.1, -0.05) is 24.2 Å². The topological polar surface area (TPSA) is 84.2 Å². The lowest BCUT2D eigenvalue weighted by molar-refractivity contribution is 0.448. The number of hydrogen-bond donors (Lipinski definition) is 2. The molecule has 1 aromatic heterocycles. The van der Waals surface area contributed by atoms with Crippen LogP contribution in [0.3, 0.4) is 0 Å². The first-order chi connectivity index (χ1) is 9.62. The van der Waals surface area contributed by atoms with Crippen molar-refractivity contribution < 1.29 is 12.9 Å². The van der Waals surface area contributed by atoms with E-state index >= 15 is 0 Å². The van der Waals surface area contributed by atoms with Gasteiger partial charge in [0.2, 0.25) is 10.0 Å². The fourth-order valence-corrected chi connectivity index (χ4v) is 2.95. The second-order valence-electron chi connectivity index (χ2n) is 4.53. The number of rotatable bonds is 8. The van der Waals surface area contributed by atoms with Crippen LogP contribution >= 0.6 is 0 Å². The van der Waals surface area contributed by atoms with Gasteiger partial charge in [-0.25, -0.2) is 13.1 Å². The van der Waals surface area contributed by atoms with E-state index in [1.165, 1.54) is 0 Å². The molecule has 0 amide bonds. The van der Waals surface area contributed by atoms with Crippen molar-refractivity contribution in [3.05, 3.63) is 30.0 Å². The first-order valence-electron chi connectivity index (χ1n) is 6.64. The average Bonchev–Trinajstić information content (AvgIpc) is 2.81. The summed E-state index contributed by atoms with van der Waals surface area (Å²) in [6.45, 7) is 3.94. The maximum atomic E-state index is 12.0. The molecule has 6 nitrogen and oxygen atoms in total. The summed E-state index contributed by atoms with van der Waals surface area (Å²) >= 11 is 0. The number of nitrogens with zero attached hydrogens (tertiary/aromatic N) is 1. The van der Waals surface area contributed by atoms with Gasteiger partial charge in [-0.15, -0.1) is 0 Å². The van der Waals surface area contributed by atoms with E-state index in [9.17, 15) is 8.42 Å². The SMILES string of the molecule is CCCNCCNS(=O)(=O)Cc1noc2ccccc12. The quantitative estimate of drug-likeness (QED) is 0.716. The normalized spacial score (nSPS) is 12.1. The van der Waals surface area contributed by atoms with Crippen LogP contribution in [-0.2, 0) is 15.8 Å². The summed E-state index contributed by atoms with van der Waals surface area (Å²) in [5.41, 5.74) is 1.04. The molecule has 1 heterocycles. The monoisotopic (exact) mass is 297 g/mol. The zero-order valence-electron chi connectivity index (χ0n) is 11.4. The van der Waals surface area contributed by atoms with Crippen molar-refractivity contribution in [2.75, 3.05) is 19.6 Å². The highest BCUT2D eigenvalue weighted by molar-refractivity contribution is 7.88. The third-order valence-electron chi connectivity index (χ3n) is 2.83. The molecule has 0 unspecified atom stereocenters. The van der Waals surface area contributed by atoms with Crippen LogP contribution in [0.15, 0.2) is 28.8 Å². The number of sulfonamides is 1. The van der Waals surface area contributed by atoms with Crippen molar-refractivity contribution in [1.29, 1.82) is 0 Å². The Hall–Kier alpha value is -1.44. The van der Waals surface area contributed by atoms with Gasteiger partial charge >= 0.3 is 0 Å². The van der Waals surface area contributed by atoms with Crippen molar-refractivity contribution in [3.8, 4) is 0 Å². The van der Waals surface area contributed by atoms with E-state index in [0.717, 1.165) is 18.4 Å².